The van der Waals surface area contributed by atoms with Crippen LogP contribution in [0.25, 0.3) is 0 Å². The summed E-state index contributed by atoms with van der Waals surface area (Å²) in [6.07, 6.45) is 2.20. The van der Waals surface area contributed by atoms with Crippen LogP contribution in [0.5, 0.6) is 0 Å². The zero-order valence-corrected chi connectivity index (χ0v) is 6.83. The number of hydrogen-bond acceptors (Lipinski definition) is 1. The van der Waals surface area contributed by atoms with Gasteiger partial charge in [-0.1, -0.05) is 0 Å². The average Bonchev–Trinajstić information content (AvgIpc) is 1.84. The molecule has 0 spiro atoms. The molecule has 60 valence electrons. The summed E-state index contributed by atoms with van der Waals surface area (Å²) in [7, 11) is -0.650. The summed E-state index contributed by atoms with van der Waals surface area (Å²) < 4.78 is 23.6. The van der Waals surface area contributed by atoms with Crippen molar-refractivity contribution in [2.45, 2.75) is 31.9 Å². The molecule has 1 aliphatic heterocycles. The van der Waals surface area contributed by atoms with Crippen molar-refractivity contribution in [3.63, 3.8) is 0 Å². The van der Waals surface area contributed by atoms with Crippen molar-refractivity contribution in [2.75, 3.05) is 11.5 Å². The Hall–Kier alpha value is 0.0800. The molecule has 0 unspecified atom stereocenters. The van der Waals surface area contributed by atoms with Crippen LogP contribution in [0.3, 0.4) is 0 Å². The van der Waals surface area contributed by atoms with Crippen molar-refractivity contribution in [1.29, 1.82) is 0 Å². The highest BCUT2D eigenvalue weighted by atomic mass is 32.2. The van der Waals surface area contributed by atoms with Crippen molar-refractivity contribution in [1.82, 2.24) is 0 Å². The Morgan fingerprint density at radius 2 is 1.70 bits per heavy atom. The van der Waals surface area contributed by atoms with Crippen LogP contribution in [0.4, 0.5) is 4.39 Å². The molecule has 0 aliphatic carbocycles. The van der Waals surface area contributed by atoms with Crippen LogP contribution in [0.15, 0.2) is 0 Å². The van der Waals surface area contributed by atoms with E-state index in [2.05, 4.69) is 0 Å². The summed E-state index contributed by atoms with van der Waals surface area (Å²) in [5.74, 6) is 1.42. The van der Waals surface area contributed by atoms with Crippen LogP contribution in [-0.4, -0.2) is 21.9 Å². The average molecular weight is 164 g/mol. The number of halogens is 1. The Bertz CT molecular complexity index is 115. The number of rotatable bonds is 0. The van der Waals surface area contributed by atoms with Crippen molar-refractivity contribution in [2.24, 2.45) is 0 Å². The highest BCUT2D eigenvalue weighted by Gasteiger charge is 2.11. The lowest BCUT2D eigenvalue weighted by atomic mass is 10.1. The second kappa shape index (κ2) is 4.06. The third kappa shape index (κ3) is 2.78. The largest absolute Gasteiger partial charge is 0.260 e. The molecule has 0 saturated carbocycles. The summed E-state index contributed by atoms with van der Waals surface area (Å²) in [6.45, 7) is 0. The SMILES string of the molecule is O=S1CCCC(F)CCC1. The quantitative estimate of drug-likeness (QED) is 0.532. The van der Waals surface area contributed by atoms with E-state index in [1.165, 1.54) is 0 Å². The van der Waals surface area contributed by atoms with Gasteiger partial charge < -0.3 is 0 Å². The Labute approximate surface area is 63.5 Å². The minimum absolute atomic E-state index is 0.617. The van der Waals surface area contributed by atoms with E-state index in [-0.39, 0.29) is 0 Å². The van der Waals surface area contributed by atoms with E-state index in [1.54, 1.807) is 0 Å². The fourth-order valence-corrected chi connectivity index (χ4v) is 2.36. The van der Waals surface area contributed by atoms with Gasteiger partial charge in [0.2, 0.25) is 0 Å². The molecule has 0 N–H and O–H groups in total. The zero-order chi connectivity index (χ0) is 7.40. The van der Waals surface area contributed by atoms with Gasteiger partial charge in [0.15, 0.2) is 0 Å². The molecule has 0 amide bonds. The molecule has 1 saturated heterocycles. The summed E-state index contributed by atoms with van der Waals surface area (Å²) >= 11 is 0. The van der Waals surface area contributed by atoms with Crippen LogP contribution < -0.4 is 0 Å². The maximum absolute atomic E-state index is 12.7. The molecule has 0 bridgehead atoms. The lowest BCUT2D eigenvalue weighted by Crippen LogP contribution is -2.12. The van der Waals surface area contributed by atoms with Gasteiger partial charge in [-0.15, -0.1) is 0 Å². The van der Waals surface area contributed by atoms with Crippen LogP contribution in [-0.2, 0) is 10.8 Å². The van der Waals surface area contributed by atoms with Gasteiger partial charge in [0.25, 0.3) is 0 Å². The van der Waals surface area contributed by atoms with Gasteiger partial charge in [-0.3, -0.25) is 4.21 Å². The lowest BCUT2D eigenvalue weighted by molar-refractivity contribution is 0.291. The van der Waals surface area contributed by atoms with Crippen LogP contribution >= 0.6 is 0 Å². The van der Waals surface area contributed by atoms with E-state index in [4.69, 9.17) is 0 Å². The van der Waals surface area contributed by atoms with Crippen molar-refractivity contribution in [3.8, 4) is 0 Å². The summed E-state index contributed by atoms with van der Waals surface area (Å²) in [5, 5.41) is 0. The second-order valence-electron chi connectivity index (χ2n) is 2.73. The predicted molar refractivity (Wildman–Crippen MR) is 41.2 cm³/mol. The van der Waals surface area contributed by atoms with Gasteiger partial charge in [-0.25, -0.2) is 4.39 Å². The molecule has 1 aliphatic rings. The highest BCUT2D eigenvalue weighted by molar-refractivity contribution is 7.84. The van der Waals surface area contributed by atoms with E-state index in [0.29, 0.717) is 24.3 Å². The monoisotopic (exact) mass is 164 g/mol. The molecule has 1 nitrogen and oxygen atoms in total. The molecule has 1 rings (SSSR count). The number of alkyl halides is 1. The maximum Gasteiger partial charge on any atom is 0.100 e. The first kappa shape index (κ1) is 8.18. The summed E-state index contributed by atoms with van der Waals surface area (Å²) in [5.41, 5.74) is 0. The Kier molecular flexibility index (Phi) is 3.32. The fourth-order valence-electron chi connectivity index (χ4n) is 1.18. The van der Waals surface area contributed by atoms with Gasteiger partial charge >= 0.3 is 0 Å². The molecular formula is C7H13FOS. The minimum atomic E-state index is -0.650. The first-order chi connectivity index (χ1) is 4.79. The van der Waals surface area contributed by atoms with Crippen molar-refractivity contribution in [3.05, 3.63) is 0 Å². The highest BCUT2D eigenvalue weighted by Crippen LogP contribution is 2.13. The van der Waals surface area contributed by atoms with E-state index in [0.717, 1.165) is 12.8 Å². The van der Waals surface area contributed by atoms with E-state index in [1.807, 2.05) is 0 Å². The first-order valence-electron chi connectivity index (χ1n) is 3.78. The van der Waals surface area contributed by atoms with Crippen molar-refractivity contribution >= 4 is 10.8 Å². The third-order valence-corrected chi connectivity index (χ3v) is 3.27. The molecular weight excluding hydrogens is 151 g/mol. The maximum atomic E-state index is 12.7. The van der Waals surface area contributed by atoms with Gasteiger partial charge in [-0.2, -0.15) is 0 Å². The van der Waals surface area contributed by atoms with Gasteiger partial charge in [0, 0.05) is 22.3 Å². The van der Waals surface area contributed by atoms with Gasteiger partial charge in [0.1, 0.15) is 6.17 Å². The minimum Gasteiger partial charge on any atom is -0.260 e. The molecule has 1 fully saturated rings. The molecule has 1 heterocycles. The Morgan fingerprint density at radius 3 is 2.20 bits per heavy atom. The van der Waals surface area contributed by atoms with Crippen LogP contribution in [0, 0.1) is 0 Å². The topological polar surface area (TPSA) is 17.1 Å². The molecule has 0 aromatic carbocycles. The van der Waals surface area contributed by atoms with Gasteiger partial charge in [-0.05, 0) is 25.7 Å². The van der Waals surface area contributed by atoms with E-state index in [9.17, 15) is 8.60 Å². The normalized spacial score (nSPS) is 36.5. The van der Waals surface area contributed by atoms with Crippen LogP contribution in [0.1, 0.15) is 25.7 Å². The first-order valence-corrected chi connectivity index (χ1v) is 5.27. The predicted octanol–water partition coefficient (Wildman–Crippen LogP) is 1.65. The third-order valence-electron chi connectivity index (χ3n) is 1.78. The summed E-state index contributed by atoms with van der Waals surface area (Å²) in [6, 6.07) is 0. The summed E-state index contributed by atoms with van der Waals surface area (Å²) in [4.78, 5) is 0. The molecule has 0 aromatic rings. The van der Waals surface area contributed by atoms with Crippen molar-refractivity contribution < 1.29 is 8.60 Å². The molecule has 0 aromatic heterocycles. The Balaban J connectivity index is 2.27. The second-order valence-corrected chi connectivity index (χ2v) is 4.43. The fraction of sp³-hybridized carbons (Fsp3) is 1.00. The zero-order valence-electron chi connectivity index (χ0n) is 6.01. The van der Waals surface area contributed by atoms with E-state index < -0.39 is 17.0 Å². The lowest BCUT2D eigenvalue weighted by Gasteiger charge is -2.11. The van der Waals surface area contributed by atoms with Gasteiger partial charge in [0.05, 0.1) is 0 Å². The molecule has 10 heavy (non-hydrogen) atoms. The molecule has 0 radical (unpaired) electrons. The standard InChI is InChI=1S/C7H13FOS/c8-7-3-1-5-10(9)6-2-4-7/h7H,1-6H2. The van der Waals surface area contributed by atoms with E-state index >= 15 is 0 Å². The smallest absolute Gasteiger partial charge is 0.100 e. The Morgan fingerprint density at radius 1 is 1.20 bits per heavy atom. The molecule has 0 atom stereocenters. The number of hydrogen-bond donors (Lipinski definition) is 0. The van der Waals surface area contributed by atoms with Crippen LogP contribution in [0.2, 0.25) is 0 Å². The molecule has 3 heteroatoms.